The molecule has 1 heterocycles. The van der Waals surface area contributed by atoms with Crippen molar-refractivity contribution >= 4 is 28.8 Å². The second-order valence-corrected chi connectivity index (χ2v) is 14.5. The van der Waals surface area contributed by atoms with E-state index < -0.39 is 36.1 Å². The molecular weight excluding hydrogens is 662 g/mol. The molecule has 12 heteroatoms. The zero-order valence-corrected chi connectivity index (χ0v) is 31.2. The molecule has 0 saturated heterocycles. The Bertz CT molecular complexity index is 1490. The van der Waals surface area contributed by atoms with E-state index in [1.165, 1.54) is 0 Å². The predicted octanol–water partition coefficient (Wildman–Crippen LogP) is 4.64. The zero-order valence-electron chi connectivity index (χ0n) is 31.2. The molecule has 0 unspecified atom stereocenters. The molecule has 0 aliphatic heterocycles. The van der Waals surface area contributed by atoms with Crippen molar-refractivity contribution in [1.29, 1.82) is 0 Å². The molecule has 12 nitrogen and oxygen atoms in total. The number of amides is 3. The summed E-state index contributed by atoms with van der Waals surface area (Å²) in [5.74, 6) is -1.20. The number of benzene rings is 2. The van der Waals surface area contributed by atoms with E-state index in [9.17, 15) is 24.6 Å². The van der Waals surface area contributed by atoms with Gasteiger partial charge in [-0.25, -0.2) is 4.98 Å². The second-order valence-electron chi connectivity index (χ2n) is 14.5. The molecule has 6 atom stereocenters. The van der Waals surface area contributed by atoms with E-state index in [0.717, 1.165) is 48.9 Å². The van der Waals surface area contributed by atoms with E-state index in [2.05, 4.69) is 25.9 Å². The molecule has 0 spiro atoms. The van der Waals surface area contributed by atoms with Gasteiger partial charge in [0.05, 0.1) is 48.9 Å². The largest absolute Gasteiger partial charge is 0.491 e. The minimum atomic E-state index is -1.49. The Kier molecular flexibility index (Phi) is 16.4. The van der Waals surface area contributed by atoms with Crippen LogP contribution in [0.3, 0.4) is 0 Å². The molecule has 0 bridgehead atoms. The van der Waals surface area contributed by atoms with E-state index in [-0.39, 0.29) is 49.1 Å². The van der Waals surface area contributed by atoms with Crippen LogP contribution in [0.5, 0.6) is 5.75 Å². The number of hydrogen-bond acceptors (Lipinski definition) is 8. The predicted molar refractivity (Wildman–Crippen MR) is 200 cm³/mol. The van der Waals surface area contributed by atoms with Crippen LogP contribution in [0.4, 0.5) is 0 Å². The summed E-state index contributed by atoms with van der Waals surface area (Å²) in [4.78, 5) is 48.2. The molecule has 286 valence electrons. The number of aliphatic hydroxyl groups excluding tert-OH is 2. The van der Waals surface area contributed by atoms with Crippen LogP contribution >= 0.6 is 0 Å². The molecule has 3 aromatic rings. The summed E-state index contributed by atoms with van der Waals surface area (Å²) in [7, 11) is 0. The van der Waals surface area contributed by atoms with Crippen molar-refractivity contribution < 1.29 is 34.1 Å². The van der Waals surface area contributed by atoms with Crippen molar-refractivity contribution in [3.8, 4) is 5.75 Å². The number of nitrogens with one attached hydrogen (secondary N) is 4. The number of imidazole rings is 1. The number of aromatic nitrogens is 2. The number of aromatic amines is 1. The van der Waals surface area contributed by atoms with Gasteiger partial charge in [0, 0.05) is 6.42 Å². The summed E-state index contributed by atoms with van der Waals surface area (Å²) < 4.78 is 11.3. The van der Waals surface area contributed by atoms with Crippen molar-refractivity contribution in [2.24, 2.45) is 23.7 Å². The average molecular weight is 722 g/mol. The van der Waals surface area contributed by atoms with Crippen LogP contribution in [0.2, 0.25) is 0 Å². The minimum absolute atomic E-state index is 0.0726. The summed E-state index contributed by atoms with van der Waals surface area (Å²) >= 11 is 0. The lowest BCUT2D eigenvalue weighted by Crippen LogP contribution is -2.57. The van der Waals surface area contributed by atoms with Crippen molar-refractivity contribution in [1.82, 2.24) is 25.9 Å². The molecular formula is C40H59N5O7. The van der Waals surface area contributed by atoms with Crippen molar-refractivity contribution in [3.05, 3.63) is 60.4 Å². The number of fused-ring (bicyclic) bond motifs is 1. The van der Waals surface area contributed by atoms with Gasteiger partial charge >= 0.3 is 0 Å². The molecule has 3 amide bonds. The van der Waals surface area contributed by atoms with E-state index in [1.807, 2.05) is 68.4 Å². The van der Waals surface area contributed by atoms with E-state index in [1.54, 1.807) is 13.8 Å². The normalized spacial score (nSPS) is 17.1. The number of aliphatic hydroxyl groups is 2. The number of rotatable bonds is 21. The molecule has 6 N–H and O–H groups in total. The lowest BCUT2D eigenvalue weighted by atomic mass is 9.79. The first-order valence-electron chi connectivity index (χ1n) is 19.0. The van der Waals surface area contributed by atoms with Crippen LogP contribution in [0.15, 0.2) is 54.6 Å². The molecule has 0 radical (unpaired) electrons. The SMILES string of the molecule is CC[C@H](C)[C@H](NC(=O)[C@H](C(C)C)[C@@H](O)[C@H](O)[C@H](CC1CCCCC1)NC(=O)CCOCCOc1ccccc1)C(=O)NCc1nc2ccccc2[nH]1. The van der Waals surface area contributed by atoms with Gasteiger partial charge in [-0.05, 0) is 48.4 Å². The van der Waals surface area contributed by atoms with Gasteiger partial charge in [-0.3, -0.25) is 14.4 Å². The fraction of sp³-hybridized carbons (Fsp3) is 0.600. The Morgan fingerprint density at radius 3 is 2.29 bits per heavy atom. The standard InChI is InChI=1S/C40H59N5O7/c1-5-27(4)36(40(50)41-25-33-42-30-18-12-13-19-31(30)43-33)45-39(49)35(26(2)3)38(48)37(47)32(24-28-14-8-6-9-15-28)44-34(46)20-21-51-22-23-52-29-16-10-7-11-17-29/h7,10-13,16-19,26-28,32,35-38,47-48H,5-6,8-9,14-15,20-25H2,1-4H3,(H,41,50)(H,42,43)(H,44,46)(H,45,49)/t27-,32-,35+,36-,37+,38+/m0/s1. The van der Waals surface area contributed by atoms with E-state index in [4.69, 9.17) is 9.47 Å². The highest BCUT2D eigenvalue weighted by molar-refractivity contribution is 5.89. The molecule has 4 rings (SSSR count). The van der Waals surface area contributed by atoms with Gasteiger partial charge in [0.25, 0.3) is 0 Å². The first-order chi connectivity index (χ1) is 25.1. The number of carbonyl (C=O) groups is 3. The maximum Gasteiger partial charge on any atom is 0.243 e. The third kappa shape index (κ3) is 12.3. The number of hydrogen-bond donors (Lipinski definition) is 6. The fourth-order valence-corrected chi connectivity index (χ4v) is 6.97. The molecule has 1 aromatic heterocycles. The number of ether oxygens (including phenoxy) is 2. The van der Waals surface area contributed by atoms with E-state index in [0.29, 0.717) is 31.9 Å². The van der Waals surface area contributed by atoms with Crippen LogP contribution < -0.4 is 20.7 Å². The number of para-hydroxylation sites is 3. The fourth-order valence-electron chi connectivity index (χ4n) is 6.97. The summed E-state index contributed by atoms with van der Waals surface area (Å²) in [5, 5.41) is 32.1. The quantitative estimate of drug-likeness (QED) is 0.0863. The number of H-pyrrole nitrogens is 1. The first kappa shape index (κ1) is 40.8. The van der Waals surface area contributed by atoms with Crippen molar-refractivity contribution in [2.45, 2.75) is 110 Å². The third-order valence-electron chi connectivity index (χ3n) is 10.2. The monoisotopic (exact) mass is 721 g/mol. The Hall–Kier alpha value is -4.00. The van der Waals surface area contributed by atoms with Crippen LogP contribution in [-0.4, -0.2) is 82.0 Å². The Labute approximate surface area is 307 Å². The highest BCUT2D eigenvalue weighted by Crippen LogP contribution is 2.30. The molecule has 1 saturated carbocycles. The smallest absolute Gasteiger partial charge is 0.243 e. The summed E-state index contributed by atoms with van der Waals surface area (Å²) in [6, 6.07) is 15.4. The number of carbonyl (C=O) groups excluding carboxylic acids is 3. The minimum Gasteiger partial charge on any atom is -0.491 e. The summed E-state index contributed by atoms with van der Waals surface area (Å²) in [5.41, 5.74) is 1.66. The van der Waals surface area contributed by atoms with Gasteiger partial charge in [0.1, 0.15) is 30.3 Å². The molecule has 1 aliphatic carbocycles. The van der Waals surface area contributed by atoms with Gasteiger partial charge < -0.3 is 40.6 Å². The lowest BCUT2D eigenvalue weighted by molar-refractivity contribution is -0.140. The van der Waals surface area contributed by atoms with Gasteiger partial charge in [0.2, 0.25) is 17.7 Å². The van der Waals surface area contributed by atoms with Crippen molar-refractivity contribution in [2.75, 3.05) is 19.8 Å². The third-order valence-corrected chi connectivity index (χ3v) is 10.2. The second kappa shape index (κ2) is 20.9. The Morgan fingerprint density at radius 2 is 1.60 bits per heavy atom. The zero-order chi connectivity index (χ0) is 37.5. The summed E-state index contributed by atoms with van der Waals surface area (Å²) in [6.07, 6.45) is 3.56. The highest BCUT2D eigenvalue weighted by Gasteiger charge is 2.41. The van der Waals surface area contributed by atoms with Crippen LogP contribution in [0.1, 0.15) is 84.9 Å². The van der Waals surface area contributed by atoms with Crippen LogP contribution in [-0.2, 0) is 25.7 Å². The van der Waals surface area contributed by atoms with Gasteiger partial charge in [-0.2, -0.15) is 0 Å². The first-order valence-corrected chi connectivity index (χ1v) is 19.0. The van der Waals surface area contributed by atoms with E-state index >= 15 is 0 Å². The number of nitrogens with zero attached hydrogens (tertiary/aromatic N) is 1. The lowest BCUT2D eigenvalue weighted by Gasteiger charge is -2.36. The molecule has 1 fully saturated rings. The summed E-state index contributed by atoms with van der Waals surface area (Å²) in [6.45, 7) is 8.41. The Morgan fingerprint density at radius 1 is 0.885 bits per heavy atom. The molecule has 2 aromatic carbocycles. The molecule has 1 aliphatic rings. The van der Waals surface area contributed by atoms with Gasteiger partial charge in [0.15, 0.2) is 0 Å². The average Bonchev–Trinajstić information content (AvgIpc) is 3.57. The topological polar surface area (TPSA) is 175 Å². The van der Waals surface area contributed by atoms with Crippen molar-refractivity contribution in [3.63, 3.8) is 0 Å². The Balaban J connectivity index is 1.36. The van der Waals surface area contributed by atoms with Crippen LogP contribution in [0.25, 0.3) is 11.0 Å². The maximum atomic E-state index is 13.9. The van der Waals surface area contributed by atoms with Crippen LogP contribution in [0, 0.1) is 23.7 Å². The molecule has 52 heavy (non-hydrogen) atoms. The van der Waals surface area contributed by atoms with Gasteiger partial charge in [-0.1, -0.05) is 96.6 Å². The highest BCUT2D eigenvalue weighted by atomic mass is 16.5. The maximum absolute atomic E-state index is 13.9. The van der Waals surface area contributed by atoms with Gasteiger partial charge in [-0.15, -0.1) is 0 Å².